The van der Waals surface area contributed by atoms with E-state index in [2.05, 4.69) is 5.32 Å². The van der Waals surface area contributed by atoms with Gasteiger partial charge in [0.1, 0.15) is 5.70 Å². The second-order valence-electron chi connectivity index (χ2n) is 5.24. The molecule has 118 valence electrons. The monoisotopic (exact) mass is 349 g/mol. The summed E-state index contributed by atoms with van der Waals surface area (Å²) >= 11 is 11.8. The number of amides is 3. The lowest BCUT2D eigenvalue weighted by atomic mass is 10.2. The summed E-state index contributed by atoms with van der Waals surface area (Å²) in [5.74, 6) is -0.370. The average Bonchev–Trinajstić information content (AvgIpc) is 3.02. The number of carbonyl (C=O) groups is 2. The highest BCUT2D eigenvalue weighted by atomic mass is 35.5. The van der Waals surface area contributed by atoms with Crippen molar-refractivity contribution in [2.75, 3.05) is 0 Å². The number of nitrogens with zero attached hydrogens (tertiary/aromatic N) is 2. The van der Waals surface area contributed by atoms with Gasteiger partial charge in [0.15, 0.2) is 0 Å². The Morgan fingerprint density at radius 2 is 1.96 bits per heavy atom. The largest absolute Gasteiger partial charge is 0.357 e. The van der Waals surface area contributed by atoms with Crippen LogP contribution < -0.4 is 5.32 Å². The van der Waals surface area contributed by atoms with Crippen molar-refractivity contribution >= 4 is 41.2 Å². The molecule has 0 spiro atoms. The van der Waals surface area contributed by atoms with Crippen LogP contribution in [0.4, 0.5) is 4.79 Å². The third kappa shape index (κ3) is 3.25. The first-order valence-corrected chi connectivity index (χ1v) is 7.60. The van der Waals surface area contributed by atoms with Crippen molar-refractivity contribution in [2.45, 2.75) is 6.54 Å². The fourth-order valence-corrected chi connectivity index (χ4v) is 2.63. The standard InChI is InChI=1S/C16H13Cl2N3O2/c1-20-5-4-11(8-20)7-14-15(22)21(16(23)19-14)9-10-2-3-12(17)13(18)6-10/h2-8H,9H2,1H3,(H,19,23)/b14-7+. The van der Waals surface area contributed by atoms with Crippen molar-refractivity contribution < 1.29 is 9.59 Å². The van der Waals surface area contributed by atoms with Gasteiger partial charge in [0.05, 0.1) is 16.6 Å². The Kier molecular flexibility index (Phi) is 4.15. The molecule has 0 radical (unpaired) electrons. The summed E-state index contributed by atoms with van der Waals surface area (Å²) in [7, 11) is 1.88. The second-order valence-corrected chi connectivity index (χ2v) is 6.05. The van der Waals surface area contributed by atoms with E-state index in [1.807, 2.05) is 30.1 Å². The number of imide groups is 1. The predicted octanol–water partition coefficient (Wildman–Crippen LogP) is 3.42. The highest BCUT2D eigenvalue weighted by molar-refractivity contribution is 6.42. The summed E-state index contributed by atoms with van der Waals surface area (Å²) in [5.41, 5.74) is 1.82. The third-order valence-corrected chi connectivity index (χ3v) is 4.19. The van der Waals surface area contributed by atoms with Crippen molar-refractivity contribution in [3.8, 4) is 0 Å². The summed E-state index contributed by atoms with van der Waals surface area (Å²) < 4.78 is 1.86. The maximum Gasteiger partial charge on any atom is 0.329 e. The van der Waals surface area contributed by atoms with E-state index in [0.717, 1.165) is 16.0 Å². The van der Waals surface area contributed by atoms with E-state index in [1.54, 1.807) is 24.3 Å². The number of nitrogens with one attached hydrogen (secondary N) is 1. The lowest BCUT2D eigenvalue weighted by Crippen LogP contribution is -2.30. The van der Waals surface area contributed by atoms with Crippen LogP contribution in [0.25, 0.3) is 6.08 Å². The van der Waals surface area contributed by atoms with Crippen molar-refractivity contribution in [3.05, 3.63) is 63.5 Å². The van der Waals surface area contributed by atoms with E-state index in [9.17, 15) is 9.59 Å². The molecule has 1 aromatic heterocycles. The first-order chi connectivity index (χ1) is 10.9. The van der Waals surface area contributed by atoms with E-state index in [1.165, 1.54) is 0 Å². The zero-order valence-corrected chi connectivity index (χ0v) is 13.7. The minimum absolute atomic E-state index is 0.133. The zero-order chi connectivity index (χ0) is 16.6. The minimum atomic E-state index is -0.455. The smallest absolute Gasteiger partial charge is 0.329 e. The van der Waals surface area contributed by atoms with Gasteiger partial charge >= 0.3 is 6.03 Å². The second kappa shape index (κ2) is 6.10. The van der Waals surface area contributed by atoms with Crippen LogP contribution in [-0.4, -0.2) is 21.4 Å². The van der Waals surface area contributed by atoms with Crippen molar-refractivity contribution in [1.29, 1.82) is 0 Å². The number of rotatable bonds is 3. The van der Waals surface area contributed by atoms with Crippen LogP contribution in [0.1, 0.15) is 11.1 Å². The molecule has 2 aromatic rings. The molecule has 23 heavy (non-hydrogen) atoms. The number of aryl methyl sites for hydroxylation is 1. The van der Waals surface area contributed by atoms with E-state index in [0.29, 0.717) is 10.0 Å². The highest BCUT2D eigenvalue weighted by Gasteiger charge is 2.33. The summed E-state index contributed by atoms with van der Waals surface area (Å²) in [5, 5.41) is 3.40. The van der Waals surface area contributed by atoms with Gasteiger partial charge in [-0.05, 0) is 35.4 Å². The van der Waals surface area contributed by atoms with Crippen LogP contribution in [0, 0.1) is 0 Å². The molecule has 1 saturated heterocycles. The van der Waals surface area contributed by atoms with E-state index in [4.69, 9.17) is 23.2 Å². The maximum absolute atomic E-state index is 12.4. The SMILES string of the molecule is Cn1ccc(/C=C2/NC(=O)N(Cc3ccc(Cl)c(Cl)c3)C2=O)c1. The number of aromatic nitrogens is 1. The minimum Gasteiger partial charge on any atom is -0.357 e. The molecule has 5 nitrogen and oxygen atoms in total. The molecular formula is C16H13Cl2N3O2. The first-order valence-electron chi connectivity index (χ1n) is 6.84. The molecule has 0 aliphatic carbocycles. The van der Waals surface area contributed by atoms with Crippen molar-refractivity contribution in [3.63, 3.8) is 0 Å². The van der Waals surface area contributed by atoms with E-state index < -0.39 is 6.03 Å². The van der Waals surface area contributed by atoms with Crippen LogP contribution in [-0.2, 0) is 18.4 Å². The average molecular weight is 350 g/mol. The normalized spacial score (nSPS) is 16.3. The molecule has 3 amide bonds. The Balaban J connectivity index is 1.81. The molecule has 0 bridgehead atoms. The van der Waals surface area contributed by atoms with Crippen LogP contribution in [0.3, 0.4) is 0 Å². The molecule has 3 rings (SSSR count). The summed E-state index contributed by atoms with van der Waals surface area (Å²) in [6, 6.07) is 6.41. The highest BCUT2D eigenvalue weighted by Crippen LogP contribution is 2.24. The summed E-state index contributed by atoms with van der Waals surface area (Å²) in [6.45, 7) is 0.133. The zero-order valence-electron chi connectivity index (χ0n) is 12.2. The van der Waals surface area contributed by atoms with Crippen molar-refractivity contribution in [2.24, 2.45) is 7.05 Å². The molecule has 1 aliphatic heterocycles. The van der Waals surface area contributed by atoms with Crippen LogP contribution in [0.2, 0.25) is 10.0 Å². The Hall–Kier alpha value is -2.24. The summed E-state index contributed by atoms with van der Waals surface area (Å²) in [4.78, 5) is 25.6. The number of hydrogen-bond acceptors (Lipinski definition) is 2. The lowest BCUT2D eigenvalue weighted by molar-refractivity contribution is -0.123. The van der Waals surface area contributed by atoms with Gasteiger partial charge in [-0.3, -0.25) is 9.69 Å². The topological polar surface area (TPSA) is 54.3 Å². The fraction of sp³-hybridized carbons (Fsp3) is 0.125. The molecular weight excluding hydrogens is 337 g/mol. The number of hydrogen-bond donors (Lipinski definition) is 1. The molecule has 0 unspecified atom stereocenters. The Bertz CT molecular complexity index is 826. The molecule has 2 heterocycles. The Labute approximate surface area is 143 Å². The van der Waals surface area contributed by atoms with Gasteiger partial charge in [-0.2, -0.15) is 0 Å². The third-order valence-electron chi connectivity index (χ3n) is 3.45. The molecule has 7 heteroatoms. The molecule has 1 fully saturated rings. The van der Waals surface area contributed by atoms with Crippen LogP contribution >= 0.6 is 23.2 Å². The molecule has 1 aliphatic rings. The lowest BCUT2D eigenvalue weighted by Gasteiger charge is -2.12. The van der Waals surface area contributed by atoms with Gasteiger partial charge in [0.25, 0.3) is 5.91 Å². The Morgan fingerprint density at radius 3 is 2.61 bits per heavy atom. The number of benzene rings is 1. The van der Waals surface area contributed by atoms with Gasteiger partial charge in [-0.1, -0.05) is 29.3 Å². The van der Waals surface area contributed by atoms with Gasteiger partial charge < -0.3 is 9.88 Å². The molecule has 0 saturated carbocycles. The van der Waals surface area contributed by atoms with Gasteiger partial charge in [-0.15, -0.1) is 0 Å². The predicted molar refractivity (Wildman–Crippen MR) is 88.9 cm³/mol. The van der Waals surface area contributed by atoms with Crippen LogP contribution in [0.15, 0.2) is 42.4 Å². The fourth-order valence-electron chi connectivity index (χ4n) is 2.31. The molecule has 0 atom stereocenters. The van der Waals surface area contributed by atoms with E-state index >= 15 is 0 Å². The number of carbonyl (C=O) groups excluding carboxylic acids is 2. The van der Waals surface area contributed by atoms with Crippen LogP contribution in [0.5, 0.6) is 0 Å². The van der Waals surface area contributed by atoms with E-state index in [-0.39, 0.29) is 18.1 Å². The summed E-state index contributed by atoms with van der Waals surface area (Å²) in [6.07, 6.45) is 5.37. The van der Waals surface area contributed by atoms with Gasteiger partial charge in [0, 0.05) is 19.4 Å². The van der Waals surface area contributed by atoms with Crippen molar-refractivity contribution in [1.82, 2.24) is 14.8 Å². The molecule has 1 aromatic carbocycles. The Morgan fingerprint density at radius 1 is 1.17 bits per heavy atom. The number of urea groups is 1. The van der Waals surface area contributed by atoms with Gasteiger partial charge in [0.2, 0.25) is 0 Å². The first kappa shape index (κ1) is 15.6. The number of halogens is 2. The van der Waals surface area contributed by atoms with Gasteiger partial charge in [-0.25, -0.2) is 4.79 Å². The quantitative estimate of drug-likeness (QED) is 0.681. The maximum atomic E-state index is 12.4. The molecule has 1 N–H and O–H groups in total.